The number of amides is 2. The second-order valence-corrected chi connectivity index (χ2v) is 11.9. The van der Waals surface area contributed by atoms with E-state index in [1.807, 2.05) is 43.2 Å². The highest BCUT2D eigenvalue weighted by Crippen LogP contribution is 2.15. The SMILES string of the molecule is CC(C)(C)NC(=O)CN1CCN(C(=O)c2ccc(S(=O)(=O)NCCc3cccs3)cc2)CC1. The van der Waals surface area contributed by atoms with Crippen molar-refractivity contribution in [3.8, 4) is 0 Å². The summed E-state index contributed by atoms with van der Waals surface area (Å²) in [7, 11) is -3.63. The Morgan fingerprint density at radius 1 is 1.03 bits per heavy atom. The molecule has 2 heterocycles. The maximum atomic E-state index is 12.8. The first-order valence-electron chi connectivity index (χ1n) is 11.0. The molecule has 2 aromatic rings. The summed E-state index contributed by atoms with van der Waals surface area (Å²) in [4.78, 5) is 30.0. The van der Waals surface area contributed by atoms with E-state index in [2.05, 4.69) is 10.0 Å². The lowest BCUT2D eigenvalue weighted by atomic mass is 10.1. The number of rotatable bonds is 8. The Morgan fingerprint density at radius 3 is 2.27 bits per heavy atom. The summed E-state index contributed by atoms with van der Waals surface area (Å²) < 4.78 is 27.6. The molecule has 1 saturated heterocycles. The van der Waals surface area contributed by atoms with Crippen molar-refractivity contribution in [3.63, 3.8) is 0 Å². The highest BCUT2D eigenvalue weighted by molar-refractivity contribution is 7.89. The molecule has 2 N–H and O–H groups in total. The van der Waals surface area contributed by atoms with Crippen molar-refractivity contribution >= 4 is 33.2 Å². The molecule has 0 saturated carbocycles. The van der Waals surface area contributed by atoms with Gasteiger partial charge in [0.1, 0.15) is 0 Å². The van der Waals surface area contributed by atoms with E-state index < -0.39 is 10.0 Å². The minimum atomic E-state index is -3.63. The van der Waals surface area contributed by atoms with Crippen LogP contribution in [0.25, 0.3) is 0 Å². The van der Waals surface area contributed by atoms with Crippen molar-refractivity contribution in [2.45, 2.75) is 37.6 Å². The second kappa shape index (κ2) is 10.8. The Kier molecular flexibility index (Phi) is 8.28. The predicted molar refractivity (Wildman–Crippen MR) is 130 cm³/mol. The third-order valence-corrected chi connectivity index (χ3v) is 7.61. The average molecular weight is 493 g/mol. The molecule has 0 spiro atoms. The number of carbonyl (C=O) groups is 2. The molecule has 1 fully saturated rings. The first-order valence-corrected chi connectivity index (χ1v) is 13.3. The third kappa shape index (κ3) is 7.63. The Balaban J connectivity index is 1.49. The van der Waals surface area contributed by atoms with Crippen molar-refractivity contribution in [2.24, 2.45) is 0 Å². The van der Waals surface area contributed by atoms with Crippen molar-refractivity contribution in [3.05, 3.63) is 52.2 Å². The molecule has 0 unspecified atom stereocenters. The van der Waals surface area contributed by atoms with E-state index in [4.69, 9.17) is 0 Å². The lowest BCUT2D eigenvalue weighted by Crippen LogP contribution is -2.52. The summed E-state index contributed by atoms with van der Waals surface area (Å²) in [5, 5.41) is 4.91. The number of hydrogen-bond acceptors (Lipinski definition) is 6. The number of sulfonamides is 1. The maximum absolute atomic E-state index is 12.8. The van der Waals surface area contributed by atoms with Crippen LogP contribution in [0.2, 0.25) is 0 Å². The van der Waals surface area contributed by atoms with E-state index in [1.54, 1.807) is 28.4 Å². The smallest absolute Gasteiger partial charge is 0.253 e. The Morgan fingerprint density at radius 2 is 1.70 bits per heavy atom. The molecule has 1 aliphatic heterocycles. The van der Waals surface area contributed by atoms with Crippen molar-refractivity contribution in [2.75, 3.05) is 39.3 Å². The summed E-state index contributed by atoms with van der Waals surface area (Å²) in [6.07, 6.45) is 0.636. The van der Waals surface area contributed by atoms with E-state index in [1.165, 1.54) is 12.1 Å². The summed E-state index contributed by atoms with van der Waals surface area (Å²) in [6, 6.07) is 9.95. The zero-order valence-electron chi connectivity index (χ0n) is 19.3. The van der Waals surface area contributed by atoms with E-state index in [-0.39, 0.29) is 22.2 Å². The van der Waals surface area contributed by atoms with Crippen LogP contribution in [0.15, 0.2) is 46.7 Å². The van der Waals surface area contributed by atoms with Gasteiger partial charge in [0.25, 0.3) is 5.91 Å². The quantitative estimate of drug-likeness (QED) is 0.587. The van der Waals surface area contributed by atoms with Crippen LogP contribution in [-0.2, 0) is 21.2 Å². The molecule has 10 heteroatoms. The van der Waals surface area contributed by atoms with Crippen molar-refractivity contribution in [1.82, 2.24) is 19.8 Å². The van der Waals surface area contributed by atoms with Crippen molar-refractivity contribution in [1.29, 1.82) is 0 Å². The van der Waals surface area contributed by atoms with E-state index >= 15 is 0 Å². The number of nitrogens with zero attached hydrogens (tertiary/aromatic N) is 2. The molecule has 2 amide bonds. The molecule has 1 aromatic carbocycles. The largest absolute Gasteiger partial charge is 0.350 e. The maximum Gasteiger partial charge on any atom is 0.253 e. The summed E-state index contributed by atoms with van der Waals surface area (Å²) in [6.45, 7) is 8.73. The van der Waals surface area contributed by atoms with Crippen LogP contribution in [0.3, 0.4) is 0 Å². The highest BCUT2D eigenvalue weighted by Gasteiger charge is 2.25. The minimum Gasteiger partial charge on any atom is -0.350 e. The topological polar surface area (TPSA) is 98.8 Å². The lowest BCUT2D eigenvalue weighted by Gasteiger charge is -2.35. The molecule has 0 radical (unpaired) electrons. The second-order valence-electron chi connectivity index (χ2n) is 9.12. The molecular weight excluding hydrogens is 460 g/mol. The fraction of sp³-hybridized carbons (Fsp3) is 0.478. The van der Waals surface area contributed by atoms with E-state index in [9.17, 15) is 18.0 Å². The predicted octanol–water partition coefficient (Wildman–Crippen LogP) is 1.94. The van der Waals surface area contributed by atoms with Gasteiger partial charge in [-0.25, -0.2) is 13.1 Å². The monoisotopic (exact) mass is 492 g/mol. The molecule has 1 aromatic heterocycles. The average Bonchev–Trinajstić information content (AvgIpc) is 3.26. The number of nitrogens with one attached hydrogen (secondary N) is 2. The molecule has 0 atom stereocenters. The van der Waals surface area contributed by atoms with Gasteiger partial charge in [-0.1, -0.05) is 6.07 Å². The molecule has 33 heavy (non-hydrogen) atoms. The number of piperazine rings is 1. The van der Waals surface area contributed by atoms with Gasteiger partial charge in [-0.05, 0) is 62.9 Å². The fourth-order valence-corrected chi connectivity index (χ4v) is 5.32. The van der Waals surface area contributed by atoms with Gasteiger partial charge in [-0.2, -0.15) is 0 Å². The van der Waals surface area contributed by atoms with Gasteiger partial charge < -0.3 is 10.2 Å². The lowest BCUT2D eigenvalue weighted by molar-refractivity contribution is -0.124. The zero-order valence-corrected chi connectivity index (χ0v) is 21.0. The first-order chi connectivity index (χ1) is 15.5. The van der Waals surface area contributed by atoms with Crippen LogP contribution in [0.4, 0.5) is 0 Å². The number of benzene rings is 1. The van der Waals surface area contributed by atoms with Gasteiger partial charge in [0.15, 0.2) is 0 Å². The molecular formula is C23H32N4O4S2. The number of hydrogen-bond donors (Lipinski definition) is 2. The summed E-state index contributed by atoms with van der Waals surface area (Å²) >= 11 is 1.59. The van der Waals surface area contributed by atoms with Crippen LogP contribution in [0.1, 0.15) is 36.0 Å². The standard InChI is InChI=1S/C23H32N4O4S2/c1-23(2,3)25-21(28)17-26-12-14-27(15-13-26)22(29)18-6-8-20(9-7-18)33(30,31)24-11-10-19-5-4-16-32-19/h4-9,16,24H,10-15,17H2,1-3H3,(H,25,28). The zero-order chi connectivity index (χ0) is 24.1. The van der Waals surface area contributed by atoms with Crippen LogP contribution < -0.4 is 10.0 Å². The van der Waals surface area contributed by atoms with Crippen LogP contribution >= 0.6 is 11.3 Å². The fourth-order valence-electron chi connectivity index (χ4n) is 3.58. The Labute approximate surface area is 200 Å². The normalized spacial score (nSPS) is 15.4. The van der Waals surface area contributed by atoms with E-state index in [0.29, 0.717) is 51.3 Å². The van der Waals surface area contributed by atoms with Crippen LogP contribution in [0.5, 0.6) is 0 Å². The van der Waals surface area contributed by atoms with Gasteiger partial charge >= 0.3 is 0 Å². The molecule has 180 valence electrons. The van der Waals surface area contributed by atoms with Crippen molar-refractivity contribution < 1.29 is 18.0 Å². The number of thiophene rings is 1. The Hall–Kier alpha value is -2.27. The Bertz CT molecular complexity index is 1040. The summed E-state index contributed by atoms with van der Waals surface area (Å²) in [5.41, 5.74) is 0.181. The van der Waals surface area contributed by atoms with Crippen LogP contribution in [-0.4, -0.2) is 74.8 Å². The van der Waals surface area contributed by atoms with Gasteiger partial charge in [0.05, 0.1) is 11.4 Å². The highest BCUT2D eigenvalue weighted by atomic mass is 32.2. The minimum absolute atomic E-state index is 0.0249. The molecule has 3 rings (SSSR count). The van der Waals surface area contributed by atoms with Crippen LogP contribution in [0, 0.1) is 0 Å². The molecule has 1 aliphatic rings. The third-order valence-electron chi connectivity index (χ3n) is 5.20. The van der Waals surface area contributed by atoms with Gasteiger partial charge in [-0.3, -0.25) is 14.5 Å². The first kappa shape index (κ1) is 25.4. The molecule has 8 nitrogen and oxygen atoms in total. The van der Waals surface area contributed by atoms with Gasteiger partial charge in [0.2, 0.25) is 15.9 Å². The van der Waals surface area contributed by atoms with Gasteiger partial charge in [0, 0.05) is 48.7 Å². The molecule has 0 aliphatic carbocycles. The molecule has 0 bridgehead atoms. The van der Waals surface area contributed by atoms with E-state index in [0.717, 1.165) is 4.88 Å². The number of carbonyl (C=O) groups excluding carboxylic acids is 2. The summed E-state index contributed by atoms with van der Waals surface area (Å²) in [5.74, 6) is -0.161. The van der Waals surface area contributed by atoms with Gasteiger partial charge in [-0.15, -0.1) is 11.3 Å².